The van der Waals surface area contributed by atoms with E-state index in [1.165, 1.54) is 0 Å². The van der Waals surface area contributed by atoms with Crippen LogP contribution in [-0.4, -0.2) is 34.9 Å². The van der Waals surface area contributed by atoms with E-state index in [0.29, 0.717) is 18.1 Å². The fraction of sp³-hybridized carbons (Fsp3) is 0.156. The highest BCUT2D eigenvalue weighted by atomic mass is 16.1. The first kappa shape index (κ1) is 26.0. The van der Waals surface area contributed by atoms with Gasteiger partial charge in [-0.05, 0) is 68.5 Å². The van der Waals surface area contributed by atoms with Crippen molar-refractivity contribution in [2.75, 3.05) is 24.7 Å². The molecule has 196 valence electrons. The van der Waals surface area contributed by atoms with E-state index in [4.69, 9.17) is 15.7 Å². The summed E-state index contributed by atoms with van der Waals surface area (Å²) in [5.41, 5.74) is 12.7. The van der Waals surface area contributed by atoms with Gasteiger partial charge in [-0.2, -0.15) is 0 Å². The Balaban J connectivity index is 1.36. The van der Waals surface area contributed by atoms with E-state index in [-0.39, 0.29) is 11.9 Å². The van der Waals surface area contributed by atoms with Crippen LogP contribution in [0.5, 0.6) is 0 Å². The molecule has 0 radical (unpaired) electrons. The van der Waals surface area contributed by atoms with Gasteiger partial charge in [0.1, 0.15) is 0 Å². The van der Waals surface area contributed by atoms with Crippen LogP contribution < -0.4 is 16.4 Å². The van der Waals surface area contributed by atoms with Crippen molar-refractivity contribution in [1.29, 1.82) is 0 Å². The molecule has 5 aromatic rings. The predicted octanol–water partition coefficient (Wildman–Crippen LogP) is 6.37. The second-order valence-corrected chi connectivity index (χ2v) is 9.70. The third kappa shape index (κ3) is 5.80. The summed E-state index contributed by atoms with van der Waals surface area (Å²) in [6.45, 7) is 2.46. The SMILES string of the molecule is CC(c1ccc(CN)c(NC(=O)c2ccc(Nc3nc(-c4ccccc4)c4ccccc4n3)cc2)c1)N(C)C. The van der Waals surface area contributed by atoms with Gasteiger partial charge in [0.05, 0.1) is 11.2 Å². The number of fused-ring (bicyclic) bond motifs is 1. The molecule has 4 N–H and O–H groups in total. The molecule has 1 amide bonds. The molecule has 7 heteroatoms. The molecule has 7 nitrogen and oxygen atoms in total. The number of hydrogen-bond acceptors (Lipinski definition) is 6. The largest absolute Gasteiger partial charge is 0.326 e. The number of benzene rings is 4. The van der Waals surface area contributed by atoms with Crippen LogP contribution in [-0.2, 0) is 6.54 Å². The standard InChI is InChI=1S/C32H32N6O/c1-21(38(2)3)24-13-14-25(20-33)29(19-24)35-31(39)23-15-17-26(18-16-23)34-32-36-28-12-8-7-11-27(28)30(37-32)22-9-5-4-6-10-22/h4-19,21H,20,33H2,1-3H3,(H,35,39)(H,34,36,37). The van der Waals surface area contributed by atoms with Gasteiger partial charge < -0.3 is 21.3 Å². The van der Waals surface area contributed by atoms with Crippen molar-refractivity contribution in [1.82, 2.24) is 14.9 Å². The van der Waals surface area contributed by atoms with Gasteiger partial charge in [-0.25, -0.2) is 9.97 Å². The summed E-state index contributed by atoms with van der Waals surface area (Å²) in [6.07, 6.45) is 0. The lowest BCUT2D eigenvalue weighted by Crippen LogP contribution is -2.18. The second-order valence-electron chi connectivity index (χ2n) is 9.70. The van der Waals surface area contributed by atoms with Gasteiger partial charge in [0.25, 0.3) is 5.91 Å². The first-order valence-corrected chi connectivity index (χ1v) is 12.9. The number of aromatic nitrogens is 2. The smallest absolute Gasteiger partial charge is 0.255 e. The molecule has 4 aromatic carbocycles. The maximum Gasteiger partial charge on any atom is 0.255 e. The maximum atomic E-state index is 13.1. The van der Waals surface area contributed by atoms with Crippen LogP contribution in [0.3, 0.4) is 0 Å². The zero-order valence-corrected chi connectivity index (χ0v) is 22.3. The lowest BCUT2D eigenvalue weighted by molar-refractivity contribution is 0.102. The van der Waals surface area contributed by atoms with Crippen LogP contribution >= 0.6 is 0 Å². The normalized spacial score (nSPS) is 11.9. The van der Waals surface area contributed by atoms with E-state index in [9.17, 15) is 4.79 Å². The van der Waals surface area contributed by atoms with Gasteiger partial charge in [-0.1, -0.05) is 60.7 Å². The molecule has 39 heavy (non-hydrogen) atoms. The first-order chi connectivity index (χ1) is 18.9. The Morgan fingerprint density at radius 1 is 0.897 bits per heavy atom. The van der Waals surface area contributed by atoms with Crippen LogP contribution in [0.1, 0.15) is 34.5 Å². The summed E-state index contributed by atoms with van der Waals surface area (Å²) in [4.78, 5) is 24.8. The van der Waals surface area contributed by atoms with Crippen molar-refractivity contribution in [3.05, 3.63) is 114 Å². The lowest BCUT2D eigenvalue weighted by atomic mass is 10.0. The van der Waals surface area contributed by atoms with Crippen LogP contribution in [0.15, 0.2) is 97.1 Å². The molecule has 0 aliphatic heterocycles. The maximum absolute atomic E-state index is 13.1. The number of carbonyl (C=O) groups excluding carboxylic acids is 1. The molecule has 0 aliphatic carbocycles. The number of para-hydroxylation sites is 1. The van der Waals surface area contributed by atoms with Crippen molar-refractivity contribution >= 4 is 34.1 Å². The summed E-state index contributed by atoms with van der Waals surface area (Å²) in [5.74, 6) is 0.295. The molecule has 5 rings (SSSR count). The molecular weight excluding hydrogens is 484 g/mol. The Kier molecular flexibility index (Phi) is 7.63. The molecule has 0 bridgehead atoms. The molecule has 0 spiro atoms. The number of anilines is 3. The Hall–Kier alpha value is -4.59. The first-order valence-electron chi connectivity index (χ1n) is 12.9. The highest BCUT2D eigenvalue weighted by Gasteiger charge is 2.14. The van der Waals surface area contributed by atoms with E-state index in [0.717, 1.165) is 44.7 Å². The number of nitrogens with one attached hydrogen (secondary N) is 2. The summed E-state index contributed by atoms with van der Waals surface area (Å²) < 4.78 is 0. The summed E-state index contributed by atoms with van der Waals surface area (Å²) in [7, 11) is 4.06. The van der Waals surface area contributed by atoms with Crippen LogP contribution in [0, 0.1) is 0 Å². The van der Waals surface area contributed by atoms with Crippen molar-refractivity contribution in [2.45, 2.75) is 19.5 Å². The van der Waals surface area contributed by atoms with Crippen molar-refractivity contribution in [2.24, 2.45) is 5.73 Å². The van der Waals surface area contributed by atoms with E-state index in [2.05, 4.69) is 28.5 Å². The fourth-order valence-electron chi connectivity index (χ4n) is 4.42. The van der Waals surface area contributed by atoms with Gasteiger partial charge in [0.2, 0.25) is 5.95 Å². The molecule has 0 fully saturated rings. The second kappa shape index (κ2) is 11.4. The molecule has 1 heterocycles. The van der Waals surface area contributed by atoms with Gasteiger partial charge in [0.15, 0.2) is 0 Å². The van der Waals surface area contributed by atoms with Gasteiger partial charge in [-0.15, -0.1) is 0 Å². The molecule has 1 atom stereocenters. The highest BCUT2D eigenvalue weighted by molar-refractivity contribution is 6.05. The zero-order valence-electron chi connectivity index (χ0n) is 22.3. The van der Waals surface area contributed by atoms with Crippen LogP contribution in [0.25, 0.3) is 22.2 Å². The summed E-state index contributed by atoms with van der Waals surface area (Å²) >= 11 is 0. The lowest BCUT2D eigenvalue weighted by Gasteiger charge is -2.22. The summed E-state index contributed by atoms with van der Waals surface area (Å²) in [5, 5.41) is 7.33. The quantitative estimate of drug-likeness (QED) is 0.222. The molecule has 0 saturated carbocycles. The highest BCUT2D eigenvalue weighted by Crippen LogP contribution is 2.28. The number of carbonyl (C=O) groups is 1. The number of nitrogens with two attached hydrogens (primary N) is 1. The Morgan fingerprint density at radius 3 is 2.33 bits per heavy atom. The predicted molar refractivity (Wildman–Crippen MR) is 159 cm³/mol. The average Bonchev–Trinajstić information content (AvgIpc) is 2.97. The molecule has 1 aromatic heterocycles. The van der Waals surface area contributed by atoms with Crippen LogP contribution in [0.2, 0.25) is 0 Å². The Labute approximate surface area is 228 Å². The molecular formula is C32H32N6O. The van der Waals surface area contributed by atoms with Gasteiger partial charge in [-0.3, -0.25) is 4.79 Å². The van der Waals surface area contributed by atoms with E-state index in [1.54, 1.807) is 12.1 Å². The van der Waals surface area contributed by atoms with E-state index >= 15 is 0 Å². The zero-order chi connectivity index (χ0) is 27.4. The minimum absolute atomic E-state index is 0.195. The van der Waals surface area contributed by atoms with Gasteiger partial charge in [0, 0.05) is 40.5 Å². The van der Waals surface area contributed by atoms with Gasteiger partial charge >= 0.3 is 0 Å². The van der Waals surface area contributed by atoms with Crippen molar-refractivity contribution in [3.8, 4) is 11.3 Å². The topological polar surface area (TPSA) is 96.2 Å². The fourth-order valence-corrected chi connectivity index (χ4v) is 4.42. The summed E-state index contributed by atoms with van der Waals surface area (Å²) in [6, 6.07) is 31.5. The average molecular weight is 517 g/mol. The van der Waals surface area contributed by atoms with Crippen molar-refractivity contribution < 1.29 is 4.79 Å². The van der Waals surface area contributed by atoms with E-state index < -0.39 is 0 Å². The minimum Gasteiger partial charge on any atom is -0.326 e. The number of hydrogen-bond donors (Lipinski definition) is 3. The third-order valence-corrected chi connectivity index (χ3v) is 6.91. The molecule has 0 saturated heterocycles. The minimum atomic E-state index is -0.195. The molecule has 1 unspecified atom stereocenters. The number of amides is 1. The number of rotatable bonds is 8. The molecule has 0 aliphatic rings. The Morgan fingerprint density at radius 2 is 1.62 bits per heavy atom. The van der Waals surface area contributed by atoms with Crippen molar-refractivity contribution in [3.63, 3.8) is 0 Å². The van der Waals surface area contributed by atoms with E-state index in [1.807, 2.05) is 93.0 Å². The monoisotopic (exact) mass is 516 g/mol. The van der Waals surface area contributed by atoms with Crippen LogP contribution in [0.4, 0.5) is 17.3 Å². The number of nitrogens with zero attached hydrogens (tertiary/aromatic N) is 3. The Bertz CT molecular complexity index is 1600. The third-order valence-electron chi connectivity index (χ3n) is 6.91.